The van der Waals surface area contributed by atoms with Crippen molar-refractivity contribution >= 4 is 40.0 Å². The van der Waals surface area contributed by atoms with Crippen LogP contribution in [0.2, 0.25) is 5.02 Å². The standard InChI is InChI=1S/C14H16ClN3O2S/c15-10-1-2-11-13(18-21-17-11)12(10)16-9-3-5-14(6-4-9)19-7-8-20-14/h1-2,9,16H,3-8H2. The van der Waals surface area contributed by atoms with Crippen LogP contribution in [0.4, 0.5) is 5.69 Å². The third kappa shape index (κ3) is 2.50. The zero-order valence-electron chi connectivity index (χ0n) is 11.5. The van der Waals surface area contributed by atoms with Crippen LogP contribution in [0.3, 0.4) is 0 Å². The van der Waals surface area contributed by atoms with Gasteiger partial charge < -0.3 is 14.8 Å². The highest BCUT2D eigenvalue weighted by molar-refractivity contribution is 7.00. The molecule has 1 aromatic carbocycles. The van der Waals surface area contributed by atoms with E-state index in [9.17, 15) is 0 Å². The monoisotopic (exact) mass is 325 g/mol. The highest BCUT2D eigenvalue weighted by Gasteiger charge is 2.40. The van der Waals surface area contributed by atoms with E-state index in [-0.39, 0.29) is 5.79 Å². The molecule has 7 heteroatoms. The molecular weight excluding hydrogens is 310 g/mol. The smallest absolute Gasteiger partial charge is 0.168 e. The summed E-state index contributed by atoms with van der Waals surface area (Å²) in [6.45, 7) is 1.43. The predicted octanol–water partition coefficient (Wildman–Crippen LogP) is 3.44. The van der Waals surface area contributed by atoms with E-state index in [1.54, 1.807) is 0 Å². The first-order valence-corrected chi connectivity index (χ1v) is 8.32. The van der Waals surface area contributed by atoms with Crippen molar-refractivity contribution in [1.82, 2.24) is 8.75 Å². The number of hydrogen-bond donors (Lipinski definition) is 1. The van der Waals surface area contributed by atoms with E-state index in [4.69, 9.17) is 21.1 Å². The third-order valence-corrected chi connectivity index (χ3v) is 5.14. The Morgan fingerprint density at radius 1 is 1.19 bits per heavy atom. The van der Waals surface area contributed by atoms with Crippen molar-refractivity contribution in [3.05, 3.63) is 17.2 Å². The average molecular weight is 326 g/mol. The molecule has 0 bridgehead atoms. The van der Waals surface area contributed by atoms with Gasteiger partial charge in [-0.05, 0) is 25.0 Å². The molecule has 2 heterocycles. The largest absolute Gasteiger partial charge is 0.379 e. The Kier molecular flexibility index (Phi) is 3.49. The van der Waals surface area contributed by atoms with E-state index >= 15 is 0 Å². The molecule has 1 saturated carbocycles. The second-order valence-electron chi connectivity index (χ2n) is 5.58. The van der Waals surface area contributed by atoms with Gasteiger partial charge in [0.1, 0.15) is 11.0 Å². The number of rotatable bonds is 2. The van der Waals surface area contributed by atoms with E-state index in [1.807, 2.05) is 12.1 Å². The first-order chi connectivity index (χ1) is 10.3. The summed E-state index contributed by atoms with van der Waals surface area (Å²) in [4.78, 5) is 0. The fraction of sp³-hybridized carbons (Fsp3) is 0.571. The van der Waals surface area contributed by atoms with Crippen LogP contribution in [0.15, 0.2) is 12.1 Å². The van der Waals surface area contributed by atoms with Crippen LogP contribution in [0, 0.1) is 0 Å². The van der Waals surface area contributed by atoms with Crippen molar-refractivity contribution in [2.45, 2.75) is 37.5 Å². The quantitative estimate of drug-likeness (QED) is 0.916. The molecule has 1 aliphatic heterocycles. The normalized spacial score (nSPS) is 22.1. The molecule has 2 aliphatic rings. The number of benzene rings is 1. The number of aromatic nitrogens is 2. The summed E-state index contributed by atoms with van der Waals surface area (Å²) in [5, 5.41) is 4.24. The highest BCUT2D eigenvalue weighted by Crippen LogP contribution is 2.38. The zero-order chi connectivity index (χ0) is 14.3. The van der Waals surface area contributed by atoms with Crippen LogP contribution in [0.1, 0.15) is 25.7 Å². The van der Waals surface area contributed by atoms with Gasteiger partial charge in [0, 0.05) is 18.9 Å². The average Bonchev–Trinajstić information content (AvgIpc) is 3.14. The minimum Gasteiger partial charge on any atom is -0.379 e. The molecule has 21 heavy (non-hydrogen) atoms. The van der Waals surface area contributed by atoms with Crippen LogP contribution in [0.25, 0.3) is 11.0 Å². The maximum atomic E-state index is 6.32. The molecule has 1 saturated heterocycles. The lowest BCUT2D eigenvalue weighted by atomic mass is 9.90. The number of fused-ring (bicyclic) bond motifs is 1. The molecule has 112 valence electrons. The summed E-state index contributed by atoms with van der Waals surface area (Å²) >= 11 is 7.54. The maximum Gasteiger partial charge on any atom is 0.168 e. The van der Waals surface area contributed by atoms with Gasteiger partial charge >= 0.3 is 0 Å². The lowest BCUT2D eigenvalue weighted by molar-refractivity contribution is -0.177. The Morgan fingerprint density at radius 2 is 1.95 bits per heavy atom. The van der Waals surface area contributed by atoms with Crippen molar-refractivity contribution in [3.63, 3.8) is 0 Å². The summed E-state index contributed by atoms with van der Waals surface area (Å²) in [7, 11) is 0. The summed E-state index contributed by atoms with van der Waals surface area (Å²) < 4.78 is 20.1. The molecule has 0 atom stereocenters. The minimum absolute atomic E-state index is 0.323. The first-order valence-electron chi connectivity index (χ1n) is 7.21. The number of hydrogen-bond acceptors (Lipinski definition) is 6. The fourth-order valence-electron chi connectivity index (χ4n) is 3.16. The molecule has 0 unspecified atom stereocenters. The third-order valence-electron chi connectivity index (χ3n) is 4.29. The van der Waals surface area contributed by atoms with Gasteiger partial charge in [0.2, 0.25) is 0 Å². The lowest BCUT2D eigenvalue weighted by Gasteiger charge is -2.36. The topological polar surface area (TPSA) is 56.3 Å². The van der Waals surface area contributed by atoms with E-state index in [0.717, 1.165) is 42.4 Å². The van der Waals surface area contributed by atoms with Crippen LogP contribution in [-0.4, -0.2) is 33.8 Å². The highest BCUT2D eigenvalue weighted by atomic mass is 35.5. The summed E-state index contributed by atoms with van der Waals surface area (Å²) in [5.74, 6) is -0.323. The molecule has 1 aliphatic carbocycles. The van der Waals surface area contributed by atoms with Crippen molar-refractivity contribution < 1.29 is 9.47 Å². The maximum absolute atomic E-state index is 6.32. The number of anilines is 1. The van der Waals surface area contributed by atoms with Gasteiger partial charge in [-0.15, -0.1) is 0 Å². The van der Waals surface area contributed by atoms with Gasteiger partial charge in [-0.3, -0.25) is 0 Å². The molecule has 0 radical (unpaired) electrons. The van der Waals surface area contributed by atoms with Crippen LogP contribution in [0.5, 0.6) is 0 Å². The molecule has 1 aromatic heterocycles. The van der Waals surface area contributed by atoms with Gasteiger partial charge in [-0.1, -0.05) is 11.6 Å². The molecule has 1 N–H and O–H groups in total. The van der Waals surface area contributed by atoms with Crippen molar-refractivity contribution in [3.8, 4) is 0 Å². The second kappa shape index (κ2) is 5.35. The van der Waals surface area contributed by atoms with Gasteiger partial charge in [0.25, 0.3) is 0 Å². The first kappa shape index (κ1) is 13.7. The fourth-order valence-corrected chi connectivity index (χ4v) is 3.91. The van der Waals surface area contributed by atoms with Gasteiger partial charge in [0.05, 0.1) is 35.7 Å². The van der Waals surface area contributed by atoms with Gasteiger partial charge in [-0.2, -0.15) is 8.75 Å². The van der Waals surface area contributed by atoms with Crippen LogP contribution in [-0.2, 0) is 9.47 Å². The van der Waals surface area contributed by atoms with E-state index in [2.05, 4.69) is 14.1 Å². The number of ether oxygens (including phenoxy) is 2. The van der Waals surface area contributed by atoms with Gasteiger partial charge in [-0.25, -0.2) is 0 Å². The van der Waals surface area contributed by atoms with Crippen LogP contribution < -0.4 is 5.32 Å². The molecule has 0 amide bonds. The Labute approximate surface area is 131 Å². The van der Waals surface area contributed by atoms with E-state index in [1.165, 1.54) is 11.7 Å². The molecular formula is C14H16ClN3O2S. The number of nitrogens with one attached hydrogen (secondary N) is 1. The van der Waals surface area contributed by atoms with Crippen molar-refractivity contribution in [2.75, 3.05) is 18.5 Å². The van der Waals surface area contributed by atoms with Gasteiger partial charge in [0.15, 0.2) is 5.79 Å². The molecule has 5 nitrogen and oxygen atoms in total. The lowest BCUT2D eigenvalue weighted by Crippen LogP contribution is -2.39. The Morgan fingerprint density at radius 3 is 2.71 bits per heavy atom. The Balaban J connectivity index is 1.51. The summed E-state index contributed by atoms with van der Waals surface area (Å²) in [6.07, 6.45) is 3.86. The van der Waals surface area contributed by atoms with Crippen LogP contribution >= 0.6 is 23.3 Å². The SMILES string of the molecule is Clc1ccc2nsnc2c1NC1CCC2(CC1)OCCO2. The molecule has 4 rings (SSSR count). The molecule has 2 aromatic rings. The predicted molar refractivity (Wildman–Crippen MR) is 82.9 cm³/mol. The second-order valence-corrected chi connectivity index (χ2v) is 6.52. The van der Waals surface area contributed by atoms with Crippen molar-refractivity contribution in [1.29, 1.82) is 0 Å². The minimum atomic E-state index is -0.323. The molecule has 1 spiro atoms. The Hall–Kier alpha value is -0.950. The summed E-state index contributed by atoms with van der Waals surface area (Å²) in [6, 6.07) is 4.15. The summed E-state index contributed by atoms with van der Waals surface area (Å²) in [5.41, 5.74) is 2.65. The Bertz CT molecular complexity index is 647. The number of nitrogens with zero attached hydrogens (tertiary/aromatic N) is 2. The zero-order valence-corrected chi connectivity index (χ0v) is 13.0. The van der Waals surface area contributed by atoms with Crippen molar-refractivity contribution in [2.24, 2.45) is 0 Å². The van der Waals surface area contributed by atoms with E-state index in [0.29, 0.717) is 24.3 Å². The molecule has 2 fully saturated rings. The van der Waals surface area contributed by atoms with E-state index < -0.39 is 0 Å². The number of halogens is 1.